The number of thioether (sulfide) groups is 1. The third kappa shape index (κ3) is 2.36. The predicted molar refractivity (Wildman–Crippen MR) is 66.1 cm³/mol. The Balaban J connectivity index is 2.14. The van der Waals surface area contributed by atoms with Crippen molar-refractivity contribution < 1.29 is 0 Å². The lowest BCUT2D eigenvalue weighted by molar-refractivity contribution is 0.785. The summed E-state index contributed by atoms with van der Waals surface area (Å²) in [5, 5.41) is 9.13. The molecule has 1 aromatic carbocycles. The summed E-state index contributed by atoms with van der Waals surface area (Å²) in [5.74, 6) is 0. The summed E-state index contributed by atoms with van der Waals surface area (Å²) in [6.07, 6.45) is 1.70. The lowest BCUT2D eigenvalue weighted by Crippen LogP contribution is -1.95. The molecule has 0 bridgehead atoms. The molecule has 0 aliphatic heterocycles. The molecule has 1 atom stereocenters. The van der Waals surface area contributed by atoms with Gasteiger partial charge in [-0.3, -0.25) is 0 Å². The highest BCUT2D eigenvalue weighted by Gasteiger charge is 2.10. The molecule has 16 heavy (non-hydrogen) atoms. The number of rotatable bonds is 3. The molecule has 2 rings (SSSR count). The Morgan fingerprint density at radius 3 is 2.88 bits per heavy atom. The van der Waals surface area contributed by atoms with Crippen molar-refractivity contribution in [3.05, 3.63) is 36.2 Å². The monoisotopic (exact) mass is 234 g/mol. The van der Waals surface area contributed by atoms with Gasteiger partial charge in [-0.15, -0.1) is 10.2 Å². The number of aromatic nitrogens is 3. The highest BCUT2D eigenvalue weighted by Crippen LogP contribution is 2.33. The first kappa shape index (κ1) is 11.0. The molecule has 84 valence electrons. The number of nitrogens with two attached hydrogens (primary N) is 1. The normalized spacial score (nSPS) is 12.6. The fourth-order valence-corrected chi connectivity index (χ4v) is 2.32. The SMILES string of the molecule is CC(Sc1nncn1C)c1cccc(N)c1. The molecular weight excluding hydrogens is 220 g/mol. The van der Waals surface area contributed by atoms with Crippen LogP contribution in [-0.4, -0.2) is 14.8 Å². The second-order valence-corrected chi connectivity index (χ2v) is 4.96. The molecule has 5 heteroatoms. The number of nitrogens with zero attached hydrogens (tertiary/aromatic N) is 3. The van der Waals surface area contributed by atoms with E-state index in [1.54, 1.807) is 18.1 Å². The zero-order valence-corrected chi connectivity index (χ0v) is 10.1. The van der Waals surface area contributed by atoms with Gasteiger partial charge in [-0.25, -0.2) is 0 Å². The fourth-order valence-electron chi connectivity index (χ4n) is 1.42. The lowest BCUT2D eigenvalue weighted by atomic mass is 10.1. The van der Waals surface area contributed by atoms with Gasteiger partial charge >= 0.3 is 0 Å². The van der Waals surface area contributed by atoms with Crippen molar-refractivity contribution >= 4 is 17.4 Å². The van der Waals surface area contributed by atoms with Crippen molar-refractivity contribution in [1.82, 2.24) is 14.8 Å². The molecule has 0 aliphatic rings. The van der Waals surface area contributed by atoms with E-state index in [9.17, 15) is 0 Å². The van der Waals surface area contributed by atoms with Crippen LogP contribution in [0.3, 0.4) is 0 Å². The van der Waals surface area contributed by atoms with Crippen LogP contribution in [0.1, 0.15) is 17.7 Å². The highest BCUT2D eigenvalue weighted by molar-refractivity contribution is 7.99. The van der Waals surface area contributed by atoms with Gasteiger partial charge in [-0.1, -0.05) is 23.9 Å². The Morgan fingerprint density at radius 2 is 2.25 bits per heavy atom. The van der Waals surface area contributed by atoms with Crippen LogP contribution >= 0.6 is 11.8 Å². The topological polar surface area (TPSA) is 56.7 Å². The highest BCUT2D eigenvalue weighted by atomic mass is 32.2. The van der Waals surface area contributed by atoms with E-state index in [1.807, 2.05) is 29.8 Å². The van der Waals surface area contributed by atoms with Crippen LogP contribution in [0.5, 0.6) is 0 Å². The maximum atomic E-state index is 5.76. The lowest BCUT2D eigenvalue weighted by Gasteiger charge is -2.10. The van der Waals surface area contributed by atoms with Crippen LogP contribution in [0.25, 0.3) is 0 Å². The zero-order chi connectivity index (χ0) is 11.5. The van der Waals surface area contributed by atoms with E-state index in [1.165, 1.54) is 5.56 Å². The molecule has 2 N–H and O–H groups in total. The minimum absolute atomic E-state index is 0.311. The van der Waals surface area contributed by atoms with E-state index >= 15 is 0 Å². The second-order valence-electron chi connectivity index (χ2n) is 3.65. The minimum Gasteiger partial charge on any atom is -0.399 e. The Kier molecular flexibility index (Phi) is 3.14. The molecule has 1 aromatic heterocycles. The molecule has 0 radical (unpaired) electrons. The van der Waals surface area contributed by atoms with Gasteiger partial charge in [0, 0.05) is 18.0 Å². The van der Waals surface area contributed by atoms with Crippen LogP contribution < -0.4 is 5.73 Å². The van der Waals surface area contributed by atoms with E-state index in [4.69, 9.17) is 5.73 Å². The maximum Gasteiger partial charge on any atom is 0.191 e. The van der Waals surface area contributed by atoms with Gasteiger partial charge in [-0.05, 0) is 24.6 Å². The maximum absolute atomic E-state index is 5.76. The van der Waals surface area contributed by atoms with Gasteiger partial charge < -0.3 is 10.3 Å². The standard InChI is InChI=1S/C11H14N4S/c1-8(9-4-3-5-10(12)6-9)16-11-14-13-7-15(11)2/h3-8H,12H2,1-2H3. The van der Waals surface area contributed by atoms with Gasteiger partial charge in [0.1, 0.15) is 6.33 Å². The van der Waals surface area contributed by atoms with Gasteiger partial charge in [-0.2, -0.15) is 0 Å². The van der Waals surface area contributed by atoms with E-state index in [0.29, 0.717) is 5.25 Å². The van der Waals surface area contributed by atoms with E-state index in [-0.39, 0.29) is 0 Å². The van der Waals surface area contributed by atoms with Crippen LogP contribution in [0.15, 0.2) is 35.7 Å². The summed E-state index contributed by atoms with van der Waals surface area (Å²) in [7, 11) is 1.94. The Bertz CT molecular complexity index is 480. The zero-order valence-electron chi connectivity index (χ0n) is 9.29. The van der Waals surface area contributed by atoms with E-state index in [2.05, 4.69) is 23.2 Å². The van der Waals surface area contributed by atoms with Crippen LogP contribution in [0.4, 0.5) is 5.69 Å². The smallest absolute Gasteiger partial charge is 0.191 e. The molecule has 0 spiro atoms. The molecule has 0 saturated heterocycles. The molecule has 1 unspecified atom stereocenters. The number of hydrogen-bond acceptors (Lipinski definition) is 4. The van der Waals surface area contributed by atoms with Crippen molar-refractivity contribution in [1.29, 1.82) is 0 Å². The van der Waals surface area contributed by atoms with Crippen molar-refractivity contribution in [2.75, 3.05) is 5.73 Å². The number of anilines is 1. The number of hydrogen-bond donors (Lipinski definition) is 1. The van der Waals surface area contributed by atoms with Gasteiger partial charge in [0.05, 0.1) is 0 Å². The Hall–Kier alpha value is -1.49. The largest absolute Gasteiger partial charge is 0.399 e. The molecule has 0 aliphatic carbocycles. The van der Waals surface area contributed by atoms with Crippen molar-refractivity contribution in [3.8, 4) is 0 Å². The first-order valence-corrected chi connectivity index (χ1v) is 5.91. The average Bonchev–Trinajstić information content (AvgIpc) is 2.64. The van der Waals surface area contributed by atoms with Crippen LogP contribution in [0, 0.1) is 0 Å². The first-order chi connectivity index (χ1) is 7.66. The van der Waals surface area contributed by atoms with Crippen LogP contribution in [-0.2, 0) is 7.05 Å². The van der Waals surface area contributed by atoms with Crippen molar-refractivity contribution in [3.63, 3.8) is 0 Å². The summed E-state index contributed by atoms with van der Waals surface area (Å²) in [5.41, 5.74) is 7.75. The van der Waals surface area contributed by atoms with Crippen molar-refractivity contribution in [2.24, 2.45) is 7.05 Å². The molecule has 1 heterocycles. The molecule has 0 fully saturated rings. The summed E-state index contributed by atoms with van der Waals surface area (Å²) in [4.78, 5) is 0. The predicted octanol–water partition coefficient (Wildman–Crippen LogP) is 2.25. The Labute approximate surface area is 98.9 Å². The number of aryl methyl sites for hydroxylation is 1. The summed E-state index contributed by atoms with van der Waals surface area (Å²) < 4.78 is 1.91. The number of benzene rings is 1. The third-order valence-electron chi connectivity index (χ3n) is 2.33. The first-order valence-electron chi connectivity index (χ1n) is 5.03. The third-order valence-corrected chi connectivity index (χ3v) is 3.54. The Morgan fingerprint density at radius 1 is 1.44 bits per heavy atom. The fraction of sp³-hybridized carbons (Fsp3) is 0.273. The second kappa shape index (κ2) is 4.57. The van der Waals surface area contributed by atoms with Crippen LogP contribution in [0.2, 0.25) is 0 Å². The van der Waals surface area contributed by atoms with Gasteiger partial charge in [0.25, 0.3) is 0 Å². The van der Waals surface area contributed by atoms with Crippen molar-refractivity contribution in [2.45, 2.75) is 17.3 Å². The van der Waals surface area contributed by atoms with E-state index in [0.717, 1.165) is 10.8 Å². The molecule has 0 amide bonds. The summed E-state index contributed by atoms with van der Waals surface area (Å²) in [6.45, 7) is 2.13. The minimum atomic E-state index is 0.311. The molecule has 4 nitrogen and oxygen atoms in total. The number of nitrogen functional groups attached to an aromatic ring is 1. The molecule has 0 saturated carbocycles. The van der Waals surface area contributed by atoms with Gasteiger partial charge in [0.2, 0.25) is 0 Å². The van der Waals surface area contributed by atoms with Gasteiger partial charge in [0.15, 0.2) is 5.16 Å². The summed E-state index contributed by atoms with van der Waals surface area (Å²) >= 11 is 1.67. The molecular formula is C11H14N4S. The average molecular weight is 234 g/mol. The quantitative estimate of drug-likeness (QED) is 0.653. The molecule has 2 aromatic rings. The summed E-state index contributed by atoms with van der Waals surface area (Å²) in [6, 6.07) is 7.93. The van der Waals surface area contributed by atoms with E-state index < -0.39 is 0 Å².